The molecule has 0 aliphatic heterocycles. The molecule has 0 atom stereocenters. The van der Waals surface area contributed by atoms with Gasteiger partial charge in [-0.15, -0.1) is 0 Å². The summed E-state index contributed by atoms with van der Waals surface area (Å²) in [5.41, 5.74) is 0.166. The molecule has 2 aromatic carbocycles. The lowest BCUT2D eigenvalue weighted by Crippen LogP contribution is -2.14. The zero-order valence-corrected chi connectivity index (χ0v) is 15.1. The Kier molecular flexibility index (Phi) is 5.52. The number of anilines is 1. The van der Waals surface area contributed by atoms with Crippen molar-refractivity contribution in [1.29, 1.82) is 0 Å². The Labute approximate surface area is 149 Å². The van der Waals surface area contributed by atoms with Crippen LogP contribution in [0.5, 0.6) is 11.5 Å². The molecule has 0 heterocycles. The van der Waals surface area contributed by atoms with Crippen LogP contribution in [0.2, 0.25) is 15.1 Å². The van der Waals surface area contributed by atoms with Crippen molar-refractivity contribution in [2.24, 2.45) is 0 Å². The minimum absolute atomic E-state index is 0.00453. The standard InChI is InChI=1S/C14H12Cl3NO4S/c1-21-12-7-11(13(22-2)6-9(12)16)18-23(19,20)14-4-3-8(15)5-10(14)17/h3-7,18H,1-2H3. The van der Waals surface area contributed by atoms with E-state index in [-0.39, 0.29) is 26.4 Å². The lowest BCUT2D eigenvalue weighted by Gasteiger charge is -2.15. The SMILES string of the molecule is COc1cc(NS(=O)(=O)c2ccc(Cl)cc2Cl)c(OC)cc1Cl. The normalized spacial score (nSPS) is 11.2. The van der Waals surface area contributed by atoms with Crippen molar-refractivity contribution in [2.75, 3.05) is 18.9 Å². The van der Waals surface area contributed by atoms with Gasteiger partial charge in [0, 0.05) is 17.2 Å². The van der Waals surface area contributed by atoms with Gasteiger partial charge in [-0.25, -0.2) is 8.42 Å². The van der Waals surface area contributed by atoms with Crippen LogP contribution in [-0.2, 0) is 10.0 Å². The zero-order chi connectivity index (χ0) is 17.2. The first kappa shape index (κ1) is 18.0. The molecule has 0 aliphatic carbocycles. The Hall–Kier alpha value is -1.34. The van der Waals surface area contributed by atoms with Crippen LogP contribution in [0, 0.1) is 0 Å². The maximum atomic E-state index is 12.5. The maximum absolute atomic E-state index is 12.5. The Morgan fingerprint density at radius 3 is 2.13 bits per heavy atom. The van der Waals surface area contributed by atoms with Crippen molar-refractivity contribution in [1.82, 2.24) is 0 Å². The molecule has 0 spiro atoms. The second kappa shape index (κ2) is 7.05. The summed E-state index contributed by atoms with van der Waals surface area (Å²) in [6.07, 6.45) is 0. The van der Waals surface area contributed by atoms with Crippen LogP contribution in [0.15, 0.2) is 35.2 Å². The van der Waals surface area contributed by atoms with Crippen molar-refractivity contribution < 1.29 is 17.9 Å². The number of sulfonamides is 1. The molecular weight excluding hydrogens is 385 g/mol. The average Bonchev–Trinajstić information content (AvgIpc) is 2.47. The molecular formula is C14H12Cl3NO4S. The van der Waals surface area contributed by atoms with E-state index in [1.807, 2.05) is 0 Å². The molecule has 5 nitrogen and oxygen atoms in total. The van der Waals surface area contributed by atoms with Gasteiger partial charge in [0.2, 0.25) is 0 Å². The lowest BCUT2D eigenvalue weighted by molar-refractivity contribution is 0.405. The largest absolute Gasteiger partial charge is 0.495 e. The molecule has 2 rings (SSSR count). The van der Waals surface area contributed by atoms with Gasteiger partial charge >= 0.3 is 0 Å². The summed E-state index contributed by atoms with van der Waals surface area (Å²) < 4.78 is 37.6. The molecule has 0 fully saturated rings. The van der Waals surface area contributed by atoms with E-state index in [0.29, 0.717) is 10.8 Å². The topological polar surface area (TPSA) is 64.6 Å². The Morgan fingerprint density at radius 1 is 0.913 bits per heavy atom. The van der Waals surface area contributed by atoms with E-state index >= 15 is 0 Å². The second-order valence-electron chi connectivity index (χ2n) is 4.37. The van der Waals surface area contributed by atoms with Crippen LogP contribution in [0.3, 0.4) is 0 Å². The predicted octanol–water partition coefficient (Wildman–Crippen LogP) is 4.46. The summed E-state index contributed by atoms with van der Waals surface area (Å²) in [7, 11) is -1.14. The van der Waals surface area contributed by atoms with E-state index in [1.54, 1.807) is 0 Å². The molecule has 0 aromatic heterocycles. The van der Waals surface area contributed by atoms with E-state index < -0.39 is 10.0 Å². The van der Waals surface area contributed by atoms with E-state index in [0.717, 1.165) is 0 Å². The van der Waals surface area contributed by atoms with Crippen molar-refractivity contribution in [3.8, 4) is 11.5 Å². The molecule has 0 bridgehead atoms. The van der Waals surface area contributed by atoms with Crippen molar-refractivity contribution in [3.05, 3.63) is 45.4 Å². The van der Waals surface area contributed by atoms with E-state index in [1.165, 1.54) is 44.6 Å². The second-order valence-corrected chi connectivity index (χ2v) is 7.27. The third-order valence-electron chi connectivity index (χ3n) is 2.90. The minimum Gasteiger partial charge on any atom is -0.495 e. The fourth-order valence-electron chi connectivity index (χ4n) is 1.83. The highest BCUT2D eigenvalue weighted by atomic mass is 35.5. The van der Waals surface area contributed by atoms with E-state index in [4.69, 9.17) is 44.3 Å². The number of nitrogens with one attached hydrogen (secondary N) is 1. The molecule has 124 valence electrons. The summed E-state index contributed by atoms with van der Waals surface area (Å²) in [6.45, 7) is 0. The first-order valence-electron chi connectivity index (χ1n) is 6.18. The van der Waals surface area contributed by atoms with Gasteiger partial charge in [-0.05, 0) is 18.2 Å². The maximum Gasteiger partial charge on any atom is 0.263 e. The van der Waals surface area contributed by atoms with Gasteiger partial charge in [-0.3, -0.25) is 4.72 Å². The molecule has 2 aromatic rings. The number of rotatable bonds is 5. The first-order valence-corrected chi connectivity index (χ1v) is 8.79. The Morgan fingerprint density at radius 2 is 1.57 bits per heavy atom. The van der Waals surface area contributed by atoms with Gasteiger partial charge in [-0.1, -0.05) is 34.8 Å². The van der Waals surface area contributed by atoms with Crippen LogP contribution >= 0.6 is 34.8 Å². The summed E-state index contributed by atoms with van der Waals surface area (Å²) in [4.78, 5) is -0.112. The Balaban J connectivity index is 2.48. The van der Waals surface area contributed by atoms with Crippen LogP contribution in [0.1, 0.15) is 0 Å². The minimum atomic E-state index is -3.95. The smallest absolute Gasteiger partial charge is 0.263 e. The summed E-state index contributed by atoms with van der Waals surface area (Å²) in [6, 6.07) is 6.95. The van der Waals surface area contributed by atoms with Crippen LogP contribution in [0.4, 0.5) is 5.69 Å². The molecule has 0 saturated heterocycles. The summed E-state index contributed by atoms with van der Waals surface area (Å²) in [5.74, 6) is 0.539. The van der Waals surface area contributed by atoms with Crippen molar-refractivity contribution in [3.63, 3.8) is 0 Å². The summed E-state index contributed by atoms with van der Waals surface area (Å²) in [5, 5.41) is 0.626. The van der Waals surface area contributed by atoms with Crippen LogP contribution in [-0.4, -0.2) is 22.6 Å². The zero-order valence-electron chi connectivity index (χ0n) is 12.1. The highest BCUT2D eigenvalue weighted by Crippen LogP contribution is 2.37. The van der Waals surface area contributed by atoms with Gasteiger partial charge in [-0.2, -0.15) is 0 Å². The molecule has 23 heavy (non-hydrogen) atoms. The molecule has 0 unspecified atom stereocenters. The first-order chi connectivity index (χ1) is 10.8. The summed E-state index contributed by atoms with van der Waals surface area (Å²) >= 11 is 17.7. The molecule has 0 aliphatic rings. The van der Waals surface area contributed by atoms with Gasteiger partial charge in [0.1, 0.15) is 16.4 Å². The number of ether oxygens (including phenoxy) is 2. The lowest BCUT2D eigenvalue weighted by atomic mass is 10.3. The van der Waals surface area contributed by atoms with Crippen LogP contribution in [0.25, 0.3) is 0 Å². The average molecular weight is 397 g/mol. The molecule has 9 heteroatoms. The molecule has 0 radical (unpaired) electrons. The highest BCUT2D eigenvalue weighted by Gasteiger charge is 2.21. The molecule has 1 N–H and O–H groups in total. The predicted molar refractivity (Wildman–Crippen MR) is 91.8 cm³/mol. The number of halogens is 3. The number of methoxy groups -OCH3 is 2. The highest BCUT2D eigenvalue weighted by molar-refractivity contribution is 7.92. The fourth-order valence-corrected chi connectivity index (χ4v) is 3.90. The van der Waals surface area contributed by atoms with E-state index in [2.05, 4.69) is 4.72 Å². The van der Waals surface area contributed by atoms with Gasteiger partial charge in [0.05, 0.1) is 30.0 Å². The van der Waals surface area contributed by atoms with Gasteiger partial charge < -0.3 is 9.47 Å². The van der Waals surface area contributed by atoms with Crippen molar-refractivity contribution in [2.45, 2.75) is 4.90 Å². The van der Waals surface area contributed by atoms with Crippen LogP contribution < -0.4 is 14.2 Å². The molecule has 0 saturated carbocycles. The van der Waals surface area contributed by atoms with Gasteiger partial charge in [0.15, 0.2) is 0 Å². The van der Waals surface area contributed by atoms with Crippen molar-refractivity contribution >= 4 is 50.5 Å². The fraction of sp³-hybridized carbons (Fsp3) is 0.143. The third kappa shape index (κ3) is 3.95. The monoisotopic (exact) mass is 395 g/mol. The van der Waals surface area contributed by atoms with E-state index in [9.17, 15) is 8.42 Å². The number of hydrogen-bond donors (Lipinski definition) is 1. The van der Waals surface area contributed by atoms with Gasteiger partial charge in [0.25, 0.3) is 10.0 Å². The number of hydrogen-bond acceptors (Lipinski definition) is 4. The molecule has 0 amide bonds. The Bertz CT molecular complexity index is 840. The quantitative estimate of drug-likeness (QED) is 0.810. The number of benzene rings is 2. The third-order valence-corrected chi connectivity index (χ3v) is 5.28.